The van der Waals surface area contributed by atoms with Crippen LogP contribution in [0.4, 0.5) is 0 Å². The van der Waals surface area contributed by atoms with E-state index in [0.717, 1.165) is 23.7 Å². The first-order valence-corrected chi connectivity index (χ1v) is 6.79. The van der Waals surface area contributed by atoms with Crippen molar-refractivity contribution in [3.63, 3.8) is 0 Å². The lowest BCUT2D eigenvalue weighted by molar-refractivity contribution is -0.140. The molecule has 0 atom stereocenters. The Morgan fingerprint density at radius 3 is 2.84 bits per heavy atom. The summed E-state index contributed by atoms with van der Waals surface area (Å²) < 4.78 is 4.58. The Labute approximate surface area is 116 Å². The van der Waals surface area contributed by atoms with Crippen LogP contribution in [0, 0.1) is 0 Å². The van der Waals surface area contributed by atoms with Gasteiger partial charge >= 0.3 is 11.9 Å². The summed E-state index contributed by atoms with van der Waals surface area (Å²) >= 11 is 1.51. The van der Waals surface area contributed by atoms with Crippen LogP contribution in [0.15, 0.2) is 5.38 Å². The standard InChI is InChI=1S/C12H18N2O4S/c1-14(6-4-11(15)16)5-3-10-13-9(8-19-10)7-12(17)18-2/h8H,3-7H2,1-2H3,(H,15,16). The Morgan fingerprint density at radius 1 is 1.47 bits per heavy atom. The summed E-state index contributed by atoms with van der Waals surface area (Å²) in [7, 11) is 3.24. The van der Waals surface area contributed by atoms with Crippen molar-refractivity contribution in [2.24, 2.45) is 0 Å². The summed E-state index contributed by atoms with van der Waals surface area (Å²) in [6, 6.07) is 0. The topological polar surface area (TPSA) is 79.7 Å². The molecule has 106 valence electrons. The Bertz CT molecular complexity index is 433. The molecule has 0 amide bonds. The van der Waals surface area contributed by atoms with E-state index >= 15 is 0 Å². The number of aliphatic carboxylic acids is 1. The first kappa shape index (κ1) is 15.6. The minimum atomic E-state index is -0.790. The van der Waals surface area contributed by atoms with Crippen molar-refractivity contribution in [2.75, 3.05) is 27.2 Å². The number of rotatable bonds is 8. The molecule has 1 N–H and O–H groups in total. The van der Waals surface area contributed by atoms with Crippen molar-refractivity contribution in [1.82, 2.24) is 9.88 Å². The fourth-order valence-electron chi connectivity index (χ4n) is 1.45. The molecule has 0 aromatic carbocycles. The lowest BCUT2D eigenvalue weighted by Crippen LogP contribution is -2.24. The fraction of sp³-hybridized carbons (Fsp3) is 0.583. The van der Waals surface area contributed by atoms with Gasteiger partial charge in [-0.25, -0.2) is 4.98 Å². The van der Waals surface area contributed by atoms with Crippen LogP contribution in [0.5, 0.6) is 0 Å². The minimum absolute atomic E-state index is 0.141. The second-order valence-corrected chi connectivity index (χ2v) is 5.13. The Hall–Kier alpha value is -1.47. The zero-order valence-electron chi connectivity index (χ0n) is 11.1. The van der Waals surface area contributed by atoms with Gasteiger partial charge in [0.2, 0.25) is 0 Å². The largest absolute Gasteiger partial charge is 0.481 e. The van der Waals surface area contributed by atoms with Crippen molar-refractivity contribution in [1.29, 1.82) is 0 Å². The van der Waals surface area contributed by atoms with Gasteiger partial charge in [-0.05, 0) is 7.05 Å². The van der Waals surface area contributed by atoms with Gasteiger partial charge in [-0.3, -0.25) is 9.59 Å². The van der Waals surface area contributed by atoms with Crippen molar-refractivity contribution in [3.8, 4) is 0 Å². The molecule has 0 radical (unpaired) electrons. The molecule has 0 aliphatic heterocycles. The average molecular weight is 286 g/mol. The third-order valence-electron chi connectivity index (χ3n) is 2.57. The highest BCUT2D eigenvalue weighted by atomic mass is 32.1. The van der Waals surface area contributed by atoms with Crippen molar-refractivity contribution >= 4 is 23.3 Å². The number of hydrogen-bond acceptors (Lipinski definition) is 6. The molecule has 0 fully saturated rings. The molecule has 1 aromatic rings. The highest BCUT2D eigenvalue weighted by molar-refractivity contribution is 7.09. The predicted molar refractivity (Wildman–Crippen MR) is 71.3 cm³/mol. The summed E-state index contributed by atoms with van der Waals surface area (Å²) in [5, 5.41) is 11.4. The zero-order valence-corrected chi connectivity index (χ0v) is 11.9. The zero-order chi connectivity index (χ0) is 14.3. The molecule has 0 spiro atoms. The van der Waals surface area contributed by atoms with Crippen LogP contribution in [0.2, 0.25) is 0 Å². The van der Waals surface area contributed by atoms with E-state index in [1.165, 1.54) is 18.4 Å². The van der Waals surface area contributed by atoms with Crippen molar-refractivity contribution < 1.29 is 19.4 Å². The fourth-order valence-corrected chi connectivity index (χ4v) is 2.24. The van der Waals surface area contributed by atoms with Gasteiger partial charge in [0.15, 0.2) is 0 Å². The molecule has 0 aliphatic rings. The second kappa shape index (κ2) is 7.85. The number of carbonyl (C=O) groups excluding carboxylic acids is 1. The third kappa shape index (κ3) is 6.30. The van der Waals surface area contributed by atoms with Crippen LogP contribution < -0.4 is 0 Å². The van der Waals surface area contributed by atoms with E-state index in [1.54, 1.807) is 0 Å². The number of ether oxygens (including phenoxy) is 1. The molecule has 1 heterocycles. The van der Waals surface area contributed by atoms with Gasteiger partial charge in [0.25, 0.3) is 0 Å². The van der Waals surface area contributed by atoms with Crippen LogP contribution in [0.25, 0.3) is 0 Å². The SMILES string of the molecule is COC(=O)Cc1csc(CCN(C)CCC(=O)O)n1. The van der Waals surface area contributed by atoms with Gasteiger partial charge in [-0.15, -0.1) is 11.3 Å². The highest BCUT2D eigenvalue weighted by Crippen LogP contribution is 2.11. The normalized spacial score (nSPS) is 10.7. The maximum Gasteiger partial charge on any atom is 0.311 e. The number of aromatic nitrogens is 1. The van der Waals surface area contributed by atoms with Crippen LogP contribution >= 0.6 is 11.3 Å². The van der Waals surface area contributed by atoms with Gasteiger partial charge in [-0.1, -0.05) is 0 Å². The molecular weight excluding hydrogens is 268 g/mol. The maximum atomic E-state index is 11.1. The second-order valence-electron chi connectivity index (χ2n) is 4.18. The van der Waals surface area contributed by atoms with E-state index in [0.29, 0.717) is 6.54 Å². The smallest absolute Gasteiger partial charge is 0.311 e. The first-order chi connectivity index (χ1) is 9.01. The highest BCUT2D eigenvalue weighted by Gasteiger charge is 2.09. The van der Waals surface area contributed by atoms with Gasteiger partial charge in [-0.2, -0.15) is 0 Å². The van der Waals surface area contributed by atoms with Crippen LogP contribution in [0.3, 0.4) is 0 Å². The molecule has 1 rings (SSSR count). The lowest BCUT2D eigenvalue weighted by Gasteiger charge is -2.13. The third-order valence-corrected chi connectivity index (χ3v) is 3.52. The van der Waals surface area contributed by atoms with Crippen LogP contribution in [-0.4, -0.2) is 54.2 Å². The lowest BCUT2D eigenvalue weighted by atomic mass is 10.3. The average Bonchev–Trinajstić information content (AvgIpc) is 2.81. The molecule has 6 nitrogen and oxygen atoms in total. The summed E-state index contributed by atoms with van der Waals surface area (Å²) in [4.78, 5) is 27.8. The number of hydrogen-bond donors (Lipinski definition) is 1. The molecule has 0 unspecified atom stereocenters. The minimum Gasteiger partial charge on any atom is -0.481 e. The Kier molecular flexibility index (Phi) is 6.44. The van der Waals surface area contributed by atoms with Gasteiger partial charge in [0.05, 0.1) is 30.7 Å². The van der Waals surface area contributed by atoms with E-state index in [4.69, 9.17) is 5.11 Å². The number of carbonyl (C=O) groups is 2. The number of thiazole rings is 1. The molecule has 7 heteroatoms. The Balaban J connectivity index is 2.33. The Morgan fingerprint density at radius 2 is 2.21 bits per heavy atom. The molecule has 1 aromatic heterocycles. The van der Waals surface area contributed by atoms with Crippen LogP contribution in [-0.2, 0) is 27.2 Å². The van der Waals surface area contributed by atoms with E-state index in [2.05, 4.69) is 9.72 Å². The molecule has 0 bridgehead atoms. The molecule has 0 saturated heterocycles. The molecule has 0 aliphatic carbocycles. The quantitative estimate of drug-likeness (QED) is 0.712. The maximum absolute atomic E-state index is 11.1. The summed E-state index contributed by atoms with van der Waals surface area (Å²) in [5.41, 5.74) is 0.722. The van der Waals surface area contributed by atoms with Gasteiger partial charge in [0, 0.05) is 24.9 Å². The summed E-state index contributed by atoms with van der Waals surface area (Å²) in [5.74, 6) is -1.09. The number of carboxylic acids is 1. The molecule has 0 saturated carbocycles. The van der Waals surface area contributed by atoms with E-state index in [-0.39, 0.29) is 18.8 Å². The van der Waals surface area contributed by atoms with Gasteiger partial charge in [0.1, 0.15) is 0 Å². The summed E-state index contributed by atoms with van der Waals surface area (Å²) in [6.07, 6.45) is 1.09. The van der Waals surface area contributed by atoms with E-state index < -0.39 is 5.97 Å². The molecular formula is C12H18N2O4S. The molecule has 19 heavy (non-hydrogen) atoms. The number of carboxylic acid groups (broad SMARTS) is 1. The van der Waals surface area contributed by atoms with Crippen molar-refractivity contribution in [2.45, 2.75) is 19.3 Å². The summed E-state index contributed by atoms with van der Waals surface area (Å²) in [6.45, 7) is 1.27. The van der Waals surface area contributed by atoms with E-state index in [9.17, 15) is 9.59 Å². The number of methoxy groups -OCH3 is 1. The number of likely N-dealkylation sites (N-methyl/N-ethyl adjacent to an activating group) is 1. The predicted octanol–water partition coefficient (Wildman–Crippen LogP) is 0.808. The van der Waals surface area contributed by atoms with Gasteiger partial charge < -0.3 is 14.7 Å². The first-order valence-electron chi connectivity index (χ1n) is 5.91. The monoisotopic (exact) mass is 286 g/mol. The van der Waals surface area contributed by atoms with Crippen LogP contribution in [0.1, 0.15) is 17.1 Å². The number of esters is 1. The van der Waals surface area contributed by atoms with E-state index in [1.807, 2.05) is 17.3 Å². The number of nitrogens with zero attached hydrogens (tertiary/aromatic N) is 2. The van der Waals surface area contributed by atoms with Crippen molar-refractivity contribution in [3.05, 3.63) is 16.1 Å².